The summed E-state index contributed by atoms with van der Waals surface area (Å²) >= 11 is 0. The Morgan fingerprint density at radius 2 is 1.88 bits per heavy atom. The molecule has 0 fully saturated rings. The summed E-state index contributed by atoms with van der Waals surface area (Å²) in [6.45, 7) is 1.67. The number of non-ortho nitro benzene ring substituents is 1. The monoisotopic (exact) mass is 338 g/mol. The minimum atomic E-state index is -1.01. The van der Waals surface area contributed by atoms with Gasteiger partial charge in [0, 0.05) is 29.2 Å². The van der Waals surface area contributed by atoms with Crippen LogP contribution in [0.15, 0.2) is 54.7 Å². The van der Waals surface area contributed by atoms with Crippen molar-refractivity contribution in [3.8, 4) is 0 Å². The largest absolute Gasteiger partial charge is 0.452 e. The van der Waals surface area contributed by atoms with Crippen LogP contribution in [-0.2, 0) is 9.53 Å². The van der Waals surface area contributed by atoms with E-state index in [2.05, 4.69) is 4.98 Å². The van der Waals surface area contributed by atoms with Gasteiger partial charge in [0.1, 0.15) is 6.10 Å². The fourth-order valence-electron chi connectivity index (χ4n) is 2.53. The van der Waals surface area contributed by atoms with Gasteiger partial charge in [-0.2, -0.15) is 0 Å². The lowest BCUT2D eigenvalue weighted by Crippen LogP contribution is -2.19. The number of hydrogen-bond acceptors (Lipinski definition) is 5. The maximum atomic E-state index is 12.4. The maximum Gasteiger partial charge on any atom is 0.380 e. The van der Waals surface area contributed by atoms with Crippen LogP contribution in [0.4, 0.5) is 5.69 Å². The van der Waals surface area contributed by atoms with Gasteiger partial charge < -0.3 is 9.72 Å². The van der Waals surface area contributed by atoms with Gasteiger partial charge in [0.15, 0.2) is 0 Å². The van der Waals surface area contributed by atoms with Gasteiger partial charge >= 0.3 is 5.97 Å². The molecule has 0 saturated carbocycles. The average Bonchev–Trinajstić information content (AvgIpc) is 3.04. The zero-order valence-electron chi connectivity index (χ0n) is 13.3. The van der Waals surface area contributed by atoms with E-state index in [-0.39, 0.29) is 11.3 Å². The summed E-state index contributed by atoms with van der Waals surface area (Å²) in [6.07, 6.45) is 0.766. The summed E-state index contributed by atoms with van der Waals surface area (Å²) in [5.41, 5.74) is 1.17. The smallest absolute Gasteiger partial charge is 0.380 e. The Morgan fingerprint density at radius 3 is 2.56 bits per heavy atom. The van der Waals surface area contributed by atoms with Crippen LogP contribution < -0.4 is 0 Å². The van der Waals surface area contributed by atoms with E-state index in [0.717, 1.165) is 5.56 Å². The first-order valence-electron chi connectivity index (χ1n) is 7.53. The van der Waals surface area contributed by atoms with Crippen molar-refractivity contribution in [2.45, 2.75) is 13.0 Å². The van der Waals surface area contributed by atoms with Crippen LogP contribution in [0.1, 0.15) is 28.9 Å². The number of aromatic amines is 1. The number of nitrogens with one attached hydrogen (secondary N) is 1. The third-order valence-corrected chi connectivity index (χ3v) is 3.86. The van der Waals surface area contributed by atoms with E-state index < -0.39 is 22.8 Å². The zero-order chi connectivity index (χ0) is 18.0. The molecule has 3 aromatic rings. The number of fused-ring (bicyclic) bond motifs is 1. The highest BCUT2D eigenvalue weighted by atomic mass is 16.6. The van der Waals surface area contributed by atoms with Crippen molar-refractivity contribution in [2.75, 3.05) is 0 Å². The Bertz CT molecular complexity index is 962. The van der Waals surface area contributed by atoms with E-state index in [1.807, 2.05) is 6.07 Å². The first kappa shape index (κ1) is 16.4. The lowest BCUT2D eigenvalue weighted by atomic mass is 10.1. The van der Waals surface area contributed by atoms with E-state index >= 15 is 0 Å². The van der Waals surface area contributed by atoms with Crippen molar-refractivity contribution in [3.05, 3.63) is 76.0 Å². The van der Waals surface area contributed by atoms with Crippen LogP contribution in [-0.4, -0.2) is 21.7 Å². The van der Waals surface area contributed by atoms with E-state index in [4.69, 9.17) is 4.74 Å². The molecule has 25 heavy (non-hydrogen) atoms. The summed E-state index contributed by atoms with van der Waals surface area (Å²) in [4.78, 5) is 37.7. The number of nitro benzene ring substituents is 1. The highest BCUT2D eigenvalue weighted by molar-refractivity contribution is 6.43. The van der Waals surface area contributed by atoms with Gasteiger partial charge in [-0.1, -0.05) is 30.3 Å². The molecule has 1 aromatic heterocycles. The number of rotatable bonds is 5. The molecule has 0 bridgehead atoms. The Labute approximate surface area is 142 Å². The van der Waals surface area contributed by atoms with Gasteiger partial charge in [0.05, 0.1) is 10.5 Å². The molecular formula is C18H14N2O5. The highest BCUT2D eigenvalue weighted by Gasteiger charge is 2.24. The van der Waals surface area contributed by atoms with Crippen LogP contribution in [0.2, 0.25) is 0 Å². The molecule has 1 heterocycles. The lowest BCUT2D eigenvalue weighted by Gasteiger charge is -2.12. The van der Waals surface area contributed by atoms with Gasteiger partial charge in [0.2, 0.25) is 0 Å². The number of benzene rings is 2. The molecule has 0 aliphatic carbocycles. The topological polar surface area (TPSA) is 102 Å². The molecule has 0 amide bonds. The molecule has 126 valence electrons. The number of esters is 1. The molecule has 1 N–H and O–H groups in total. The molecule has 1 atom stereocenters. The second-order valence-electron chi connectivity index (χ2n) is 5.48. The molecule has 2 aromatic carbocycles. The molecule has 1 unspecified atom stereocenters. The SMILES string of the molecule is CC(OC(=O)C(=O)c1c[nH]c2ccc([N+](=O)[O-])cc12)c1ccccc1. The summed E-state index contributed by atoms with van der Waals surface area (Å²) in [5.74, 6) is -1.86. The minimum Gasteiger partial charge on any atom is -0.452 e. The lowest BCUT2D eigenvalue weighted by molar-refractivity contribution is -0.384. The number of aromatic nitrogens is 1. The van der Waals surface area contributed by atoms with E-state index in [9.17, 15) is 19.7 Å². The number of carbonyl (C=O) groups is 2. The normalized spacial score (nSPS) is 11.9. The highest BCUT2D eigenvalue weighted by Crippen LogP contribution is 2.25. The summed E-state index contributed by atoms with van der Waals surface area (Å²) in [5, 5.41) is 11.2. The molecule has 0 aliphatic heterocycles. The van der Waals surface area contributed by atoms with Gasteiger partial charge in [-0.3, -0.25) is 14.9 Å². The van der Waals surface area contributed by atoms with Crippen LogP contribution >= 0.6 is 0 Å². The third kappa shape index (κ3) is 3.25. The van der Waals surface area contributed by atoms with Crippen LogP contribution in [0.3, 0.4) is 0 Å². The number of nitro groups is 1. The fraction of sp³-hybridized carbons (Fsp3) is 0.111. The molecule has 7 nitrogen and oxygen atoms in total. The summed E-state index contributed by atoms with van der Waals surface area (Å²) in [7, 11) is 0. The molecule has 0 saturated heterocycles. The predicted octanol–water partition coefficient (Wildman–Crippen LogP) is 3.56. The Kier molecular flexibility index (Phi) is 4.30. The second-order valence-corrected chi connectivity index (χ2v) is 5.48. The summed E-state index contributed by atoms with van der Waals surface area (Å²) < 4.78 is 5.21. The van der Waals surface area contributed by atoms with Crippen molar-refractivity contribution in [1.29, 1.82) is 0 Å². The zero-order valence-corrected chi connectivity index (χ0v) is 13.3. The van der Waals surface area contributed by atoms with Gasteiger partial charge in [-0.25, -0.2) is 4.79 Å². The standard InChI is InChI=1S/C18H14N2O5/c1-11(12-5-3-2-4-6-12)25-18(22)17(21)15-10-19-16-8-7-13(20(23)24)9-14(15)16/h2-11,19H,1H3. The van der Waals surface area contributed by atoms with E-state index in [0.29, 0.717) is 10.9 Å². The number of hydrogen-bond donors (Lipinski definition) is 1. The Hall–Kier alpha value is -3.48. The maximum absolute atomic E-state index is 12.4. The molecule has 7 heteroatoms. The van der Waals surface area contributed by atoms with Crippen LogP contribution in [0.25, 0.3) is 10.9 Å². The quantitative estimate of drug-likeness (QED) is 0.252. The average molecular weight is 338 g/mol. The summed E-state index contributed by atoms with van der Waals surface area (Å²) in [6, 6.07) is 13.1. The van der Waals surface area contributed by atoms with Crippen molar-refractivity contribution >= 4 is 28.3 Å². The van der Waals surface area contributed by atoms with E-state index in [1.54, 1.807) is 31.2 Å². The van der Waals surface area contributed by atoms with E-state index in [1.165, 1.54) is 24.4 Å². The second kappa shape index (κ2) is 6.56. The van der Waals surface area contributed by atoms with Crippen molar-refractivity contribution in [1.82, 2.24) is 4.98 Å². The minimum absolute atomic E-state index is 0.0453. The van der Waals surface area contributed by atoms with Crippen molar-refractivity contribution < 1.29 is 19.2 Å². The van der Waals surface area contributed by atoms with Gasteiger partial charge in [-0.15, -0.1) is 0 Å². The van der Waals surface area contributed by atoms with Gasteiger partial charge in [-0.05, 0) is 18.6 Å². The van der Waals surface area contributed by atoms with Crippen LogP contribution in [0, 0.1) is 10.1 Å². The number of carbonyl (C=O) groups excluding carboxylic acids is 2. The molecule has 0 spiro atoms. The number of nitrogens with zero attached hydrogens (tertiary/aromatic N) is 1. The Morgan fingerprint density at radius 1 is 1.16 bits per heavy atom. The number of ketones is 1. The number of Topliss-reactive ketones (excluding diaryl/α,β-unsaturated/α-hetero) is 1. The number of H-pyrrole nitrogens is 1. The first-order valence-corrected chi connectivity index (χ1v) is 7.53. The van der Waals surface area contributed by atoms with Crippen molar-refractivity contribution in [2.24, 2.45) is 0 Å². The third-order valence-electron chi connectivity index (χ3n) is 3.86. The number of ether oxygens (including phenoxy) is 1. The predicted molar refractivity (Wildman–Crippen MR) is 90.2 cm³/mol. The fourth-order valence-corrected chi connectivity index (χ4v) is 2.53. The van der Waals surface area contributed by atoms with Crippen molar-refractivity contribution in [3.63, 3.8) is 0 Å². The molecule has 0 radical (unpaired) electrons. The Balaban J connectivity index is 1.85. The molecule has 0 aliphatic rings. The molecule has 3 rings (SSSR count). The van der Waals surface area contributed by atoms with Gasteiger partial charge in [0.25, 0.3) is 11.5 Å². The van der Waals surface area contributed by atoms with Crippen LogP contribution in [0.5, 0.6) is 0 Å². The first-order chi connectivity index (χ1) is 12.0. The molecular weight excluding hydrogens is 324 g/mol.